The molecule has 0 aromatic heterocycles. The summed E-state index contributed by atoms with van der Waals surface area (Å²) in [6.45, 7) is 9.04. The summed E-state index contributed by atoms with van der Waals surface area (Å²) < 4.78 is 22.1. The molecule has 0 unspecified atom stereocenters. The summed E-state index contributed by atoms with van der Waals surface area (Å²) in [7, 11) is 3.23. The van der Waals surface area contributed by atoms with Gasteiger partial charge < -0.3 is 24.7 Å². The molecule has 0 spiro atoms. The minimum Gasteiger partial charge on any atom is -0.467 e. The lowest BCUT2D eigenvalue weighted by atomic mass is 9.86. The average molecular weight is 373 g/mol. The Morgan fingerprint density at radius 1 is 0.741 bits per heavy atom. The van der Waals surface area contributed by atoms with E-state index in [2.05, 4.69) is 38.1 Å². The monoisotopic (exact) mass is 373 g/mol. The molecule has 0 atom stereocenters. The van der Waals surface area contributed by atoms with Crippen molar-refractivity contribution in [2.45, 2.75) is 33.6 Å². The van der Waals surface area contributed by atoms with Crippen LogP contribution in [0, 0.1) is 27.7 Å². The molecule has 0 heterocycles. The van der Waals surface area contributed by atoms with E-state index in [1.807, 2.05) is 13.8 Å². The first kappa shape index (κ1) is 21.2. The molecular formula is C22H31NO4. The van der Waals surface area contributed by atoms with E-state index < -0.39 is 0 Å². The molecule has 0 saturated carbocycles. The van der Waals surface area contributed by atoms with Crippen molar-refractivity contribution < 1.29 is 18.9 Å². The van der Waals surface area contributed by atoms with Crippen LogP contribution in [0.25, 0.3) is 0 Å². The highest BCUT2D eigenvalue weighted by Crippen LogP contribution is 2.40. The molecule has 2 N–H and O–H groups in total. The van der Waals surface area contributed by atoms with E-state index in [1.54, 1.807) is 14.2 Å². The van der Waals surface area contributed by atoms with Crippen molar-refractivity contribution in [3.63, 3.8) is 0 Å². The molecule has 0 aliphatic carbocycles. The normalized spacial score (nSPS) is 11.1. The van der Waals surface area contributed by atoms with Gasteiger partial charge in [-0.3, -0.25) is 0 Å². The molecule has 5 heteroatoms. The van der Waals surface area contributed by atoms with E-state index in [4.69, 9.17) is 24.7 Å². The van der Waals surface area contributed by atoms with Gasteiger partial charge in [0.2, 0.25) is 0 Å². The SMILES string of the molecule is COCOc1c(C)cc(C)cc1C(CN)c1cc(C)cc(C)c1OCOC. The van der Waals surface area contributed by atoms with Gasteiger partial charge in [-0.25, -0.2) is 0 Å². The van der Waals surface area contributed by atoms with Gasteiger partial charge in [-0.15, -0.1) is 0 Å². The Bertz CT molecular complexity index is 710. The Labute approximate surface area is 162 Å². The molecule has 0 aliphatic rings. The van der Waals surface area contributed by atoms with Gasteiger partial charge in [-0.05, 0) is 38.8 Å². The highest BCUT2D eigenvalue weighted by molar-refractivity contribution is 5.54. The number of nitrogens with two attached hydrogens (primary N) is 1. The fourth-order valence-electron chi connectivity index (χ4n) is 3.54. The van der Waals surface area contributed by atoms with Gasteiger partial charge in [0.05, 0.1) is 0 Å². The van der Waals surface area contributed by atoms with E-state index >= 15 is 0 Å². The van der Waals surface area contributed by atoms with Crippen molar-refractivity contribution in [1.29, 1.82) is 0 Å². The van der Waals surface area contributed by atoms with Crippen LogP contribution in [0.2, 0.25) is 0 Å². The van der Waals surface area contributed by atoms with Crippen LogP contribution in [0.4, 0.5) is 0 Å². The molecule has 0 radical (unpaired) electrons. The van der Waals surface area contributed by atoms with Crippen LogP contribution in [0.5, 0.6) is 11.5 Å². The summed E-state index contributed by atoms with van der Waals surface area (Å²) in [6, 6.07) is 8.47. The van der Waals surface area contributed by atoms with Gasteiger partial charge >= 0.3 is 0 Å². The van der Waals surface area contributed by atoms with Crippen LogP contribution in [-0.2, 0) is 9.47 Å². The van der Waals surface area contributed by atoms with Crippen molar-refractivity contribution in [2.24, 2.45) is 5.73 Å². The lowest BCUT2D eigenvalue weighted by Gasteiger charge is -2.25. The average Bonchev–Trinajstić information content (AvgIpc) is 2.60. The van der Waals surface area contributed by atoms with Crippen molar-refractivity contribution in [3.8, 4) is 11.5 Å². The number of rotatable bonds is 9. The van der Waals surface area contributed by atoms with Gasteiger partial charge in [0, 0.05) is 37.8 Å². The van der Waals surface area contributed by atoms with Crippen molar-refractivity contribution in [2.75, 3.05) is 34.4 Å². The summed E-state index contributed by atoms with van der Waals surface area (Å²) in [4.78, 5) is 0. The molecule has 2 rings (SSSR count). The topological polar surface area (TPSA) is 62.9 Å². The van der Waals surface area contributed by atoms with Gasteiger partial charge in [0.25, 0.3) is 0 Å². The Morgan fingerprint density at radius 2 is 1.15 bits per heavy atom. The number of aryl methyl sites for hydroxylation is 4. The van der Waals surface area contributed by atoms with E-state index in [1.165, 1.54) is 0 Å². The maximum atomic E-state index is 6.26. The third-order valence-electron chi connectivity index (χ3n) is 4.52. The fourth-order valence-corrected chi connectivity index (χ4v) is 3.54. The molecule has 2 aromatic carbocycles. The van der Waals surface area contributed by atoms with Crippen molar-refractivity contribution in [1.82, 2.24) is 0 Å². The Balaban J connectivity index is 2.63. The number of hydrogen-bond acceptors (Lipinski definition) is 5. The zero-order valence-corrected chi connectivity index (χ0v) is 17.2. The van der Waals surface area contributed by atoms with Crippen molar-refractivity contribution >= 4 is 0 Å². The maximum absolute atomic E-state index is 6.26. The van der Waals surface area contributed by atoms with Crippen LogP contribution < -0.4 is 15.2 Å². The molecule has 2 aromatic rings. The largest absolute Gasteiger partial charge is 0.467 e. The third kappa shape index (κ3) is 5.01. The summed E-state index contributed by atoms with van der Waals surface area (Å²) in [5, 5.41) is 0. The van der Waals surface area contributed by atoms with Gasteiger partial charge in [-0.2, -0.15) is 0 Å². The molecular weight excluding hydrogens is 342 g/mol. The van der Waals surface area contributed by atoms with E-state index in [-0.39, 0.29) is 19.5 Å². The first-order valence-corrected chi connectivity index (χ1v) is 9.08. The van der Waals surface area contributed by atoms with E-state index in [0.717, 1.165) is 44.9 Å². The van der Waals surface area contributed by atoms with E-state index in [9.17, 15) is 0 Å². The Hall–Kier alpha value is -2.08. The molecule has 0 saturated heterocycles. The van der Waals surface area contributed by atoms with Crippen LogP contribution in [-0.4, -0.2) is 34.4 Å². The fraction of sp³-hybridized carbons (Fsp3) is 0.455. The molecule has 27 heavy (non-hydrogen) atoms. The summed E-state index contributed by atoms with van der Waals surface area (Å²) in [6.07, 6.45) is 0. The standard InChI is InChI=1S/C22H31NO4/c1-14-7-16(3)21(26-12-24-5)18(9-14)20(11-23)19-10-15(2)8-17(4)22(19)27-13-25-6/h7-10,20H,11-13,23H2,1-6H3. The van der Waals surface area contributed by atoms with Crippen LogP contribution >= 0.6 is 0 Å². The Morgan fingerprint density at radius 3 is 1.48 bits per heavy atom. The first-order chi connectivity index (χ1) is 12.9. The zero-order valence-electron chi connectivity index (χ0n) is 17.2. The molecule has 0 fully saturated rings. The molecule has 148 valence electrons. The quantitative estimate of drug-likeness (QED) is 0.674. The summed E-state index contributed by atoms with van der Waals surface area (Å²) in [5.41, 5.74) is 12.8. The maximum Gasteiger partial charge on any atom is 0.188 e. The second-order valence-corrected chi connectivity index (χ2v) is 6.89. The van der Waals surface area contributed by atoms with Crippen LogP contribution in [0.3, 0.4) is 0 Å². The lowest BCUT2D eigenvalue weighted by molar-refractivity contribution is 0.0488. The number of benzene rings is 2. The predicted molar refractivity (Wildman–Crippen MR) is 108 cm³/mol. The summed E-state index contributed by atoms with van der Waals surface area (Å²) >= 11 is 0. The molecule has 0 aliphatic heterocycles. The predicted octanol–water partition coefficient (Wildman–Crippen LogP) is 3.98. The smallest absolute Gasteiger partial charge is 0.188 e. The second-order valence-electron chi connectivity index (χ2n) is 6.89. The van der Waals surface area contributed by atoms with Gasteiger partial charge in [-0.1, -0.05) is 35.4 Å². The summed E-state index contributed by atoms with van der Waals surface area (Å²) in [5.74, 6) is 1.56. The minimum absolute atomic E-state index is 0.0686. The second kappa shape index (κ2) is 9.74. The minimum atomic E-state index is -0.0686. The number of ether oxygens (including phenoxy) is 4. The zero-order chi connectivity index (χ0) is 20.0. The van der Waals surface area contributed by atoms with Crippen LogP contribution in [0.15, 0.2) is 24.3 Å². The first-order valence-electron chi connectivity index (χ1n) is 9.08. The number of hydrogen-bond donors (Lipinski definition) is 1. The van der Waals surface area contributed by atoms with E-state index in [0.29, 0.717) is 6.54 Å². The van der Waals surface area contributed by atoms with Crippen LogP contribution in [0.1, 0.15) is 39.3 Å². The van der Waals surface area contributed by atoms with Crippen molar-refractivity contribution in [3.05, 3.63) is 57.6 Å². The lowest BCUT2D eigenvalue weighted by Crippen LogP contribution is -2.18. The third-order valence-corrected chi connectivity index (χ3v) is 4.52. The van der Waals surface area contributed by atoms with Gasteiger partial charge in [0.1, 0.15) is 11.5 Å². The molecule has 0 amide bonds. The highest BCUT2D eigenvalue weighted by atomic mass is 16.7. The molecule has 0 bridgehead atoms. The highest BCUT2D eigenvalue weighted by Gasteiger charge is 2.24. The molecule has 5 nitrogen and oxygen atoms in total. The Kier molecular flexibility index (Phi) is 7.66. The number of methoxy groups -OCH3 is 2. The van der Waals surface area contributed by atoms with Gasteiger partial charge in [0.15, 0.2) is 13.6 Å².